The molecule has 0 bridgehead atoms. The molecule has 1 atom stereocenters. The molecule has 0 spiro atoms. The molecule has 3 nitrogen and oxygen atoms in total. The van der Waals surface area contributed by atoms with Crippen LogP contribution in [0.3, 0.4) is 0 Å². The minimum Gasteiger partial charge on any atom is -0.271 e. The van der Waals surface area contributed by atoms with Crippen LogP contribution in [0.25, 0.3) is 0 Å². The summed E-state index contributed by atoms with van der Waals surface area (Å²) in [7, 11) is 0. The first-order valence-corrected chi connectivity index (χ1v) is 7.90. The van der Waals surface area contributed by atoms with Gasteiger partial charge >= 0.3 is 0 Å². The van der Waals surface area contributed by atoms with Gasteiger partial charge in [0.05, 0.1) is 16.7 Å². The molecule has 0 fully saturated rings. The molecule has 1 aromatic rings. The van der Waals surface area contributed by atoms with Crippen LogP contribution in [0.5, 0.6) is 0 Å². The Morgan fingerprint density at radius 1 is 1.17 bits per heavy atom. The number of hydrazine groups is 1. The van der Waals surface area contributed by atoms with Crippen LogP contribution in [-0.2, 0) is 0 Å². The number of rotatable bonds is 9. The van der Waals surface area contributed by atoms with E-state index < -0.39 is 0 Å². The Balaban J connectivity index is 2.32. The van der Waals surface area contributed by atoms with Gasteiger partial charge in [0.1, 0.15) is 0 Å². The quantitative estimate of drug-likeness (QED) is 0.404. The minimum atomic E-state index is 0.280. The normalized spacial score (nSPS) is 12.9. The van der Waals surface area contributed by atoms with Crippen LogP contribution >= 0.6 is 11.3 Å². The van der Waals surface area contributed by atoms with Crippen LogP contribution in [0, 0.1) is 13.8 Å². The molecule has 0 amide bonds. The van der Waals surface area contributed by atoms with E-state index in [0.29, 0.717) is 0 Å². The lowest BCUT2D eigenvalue weighted by Gasteiger charge is -2.14. The summed E-state index contributed by atoms with van der Waals surface area (Å²) >= 11 is 1.77. The third kappa shape index (κ3) is 5.04. The van der Waals surface area contributed by atoms with Gasteiger partial charge in [0, 0.05) is 4.88 Å². The second-order valence-electron chi connectivity index (χ2n) is 4.96. The second kappa shape index (κ2) is 8.62. The zero-order chi connectivity index (χ0) is 13.4. The van der Waals surface area contributed by atoms with Gasteiger partial charge in [-0.2, -0.15) is 0 Å². The lowest BCUT2D eigenvalue weighted by Crippen LogP contribution is -2.27. The highest BCUT2D eigenvalue weighted by atomic mass is 32.1. The van der Waals surface area contributed by atoms with Crippen LogP contribution in [0.4, 0.5) is 0 Å². The van der Waals surface area contributed by atoms with E-state index in [1.54, 1.807) is 11.3 Å². The van der Waals surface area contributed by atoms with E-state index in [1.165, 1.54) is 43.4 Å². The molecular weight excluding hydrogens is 242 g/mol. The van der Waals surface area contributed by atoms with Gasteiger partial charge in [-0.25, -0.2) is 4.98 Å². The van der Waals surface area contributed by atoms with Gasteiger partial charge in [-0.3, -0.25) is 11.3 Å². The highest BCUT2D eigenvalue weighted by Crippen LogP contribution is 2.28. The van der Waals surface area contributed by atoms with Crippen LogP contribution in [0.2, 0.25) is 0 Å². The number of hydrogen-bond donors (Lipinski definition) is 2. The van der Waals surface area contributed by atoms with E-state index in [9.17, 15) is 0 Å². The Labute approximate surface area is 115 Å². The van der Waals surface area contributed by atoms with Crippen molar-refractivity contribution in [2.75, 3.05) is 0 Å². The van der Waals surface area contributed by atoms with E-state index in [1.807, 2.05) is 0 Å². The number of nitrogens with two attached hydrogens (primary N) is 1. The average Bonchev–Trinajstić information content (AvgIpc) is 2.68. The molecule has 1 aromatic heterocycles. The first kappa shape index (κ1) is 15.6. The molecular formula is C14H27N3S. The first-order valence-electron chi connectivity index (χ1n) is 7.09. The largest absolute Gasteiger partial charge is 0.271 e. The molecule has 0 aromatic carbocycles. The molecule has 0 aliphatic carbocycles. The SMILES string of the molecule is CCCCCCCCC(NN)c1sc(C)nc1C. The summed E-state index contributed by atoms with van der Waals surface area (Å²) < 4.78 is 0. The van der Waals surface area contributed by atoms with Crippen LogP contribution in [0.1, 0.15) is 73.5 Å². The fourth-order valence-corrected chi connectivity index (χ4v) is 3.31. The Hall–Kier alpha value is -0.450. The van der Waals surface area contributed by atoms with Crippen molar-refractivity contribution in [2.45, 2.75) is 71.8 Å². The average molecular weight is 269 g/mol. The zero-order valence-electron chi connectivity index (χ0n) is 12.0. The van der Waals surface area contributed by atoms with Gasteiger partial charge in [0.15, 0.2) is 0 Å². The molecule has 0 radical (unpaired) electrons. The van der Waals surface area contributed by atoms with Crippen molar-refractivity contribution in [1.82, 2.24) is 10.4 Å². The Morgan fingerprint density at radius 2 is 1.83 bits per heavy atom. The molecule has 18 heavy (non-hydrogen) atoms. The van der Waals surface area contributed by atoms with Crippen molar-refractivity contribution in [1.29, 1.82) is 0 Å². The number of aromatic nitrogens is 1. The molecule has 1 unspecified atom stereocenters. The highest BCUT2D eigenvalue weighted by Gasteiger charge is 2.15. The predicted octanol–water partition coefficient (Wildman–Crippen LogP) is 4.01. The predicted molar refractivity (Wildman–Crippen MR) is 79.6 cm³/mol. The fourth-order valence-electron chi connectivity index (χ4n) is 2.29. The molecule has 0 aliphatic heterocycles. The number of nitrogens with zero attached hydrogens (tertiary/aromatic N) is 1. The number of aryl methyl sites for hydroxylation is 2. The van der Waals surface area contributed by atoms with E-state index >= 15 is 0 Å². The highest BCUT2D eigenvalue weighted by molar-refractivity contribution is 7.11. The van der Waals surface area contributed by atoms with Gasteiger partial charge in [0.2, 0.25) is 0 Å². The van der Waals surface area contributed by atoms with Crippen LogP contribution in [0.15, 0.2) is 0 Å². The lowest BCUT2D eigenvalue weighted by atomic mass is 10.0. The van der Waals surface area contributed by atoms with E-state index in [-0.39, 0.29) is 6.04 Å². The second-order valence-corrected chi connectivity index (χ2v) is 6.19. The summed E-state index contributed by atoms with van der Waals surface area (Å²) in [6.45, 7) is 6.38. The summed E-state index contributed by atoms with van der Waals surface area (Å²) in [5.74, 6) is 5.67. The molecule has 0 saturated carbocycles. The lowest BCUT2D eigenvalue weighted by molar-refractivity contribution is 0.480. The van der Waals surface area contributed by atoms with E-state index in [4.69, 9.17) is 5.84 Å². The third-order valence-corrected chi connectivity index (χ3v) is 4.49. The summed E-state index contributed by atoms with van der Waals surface area (Å²) in [4.78, 5) is 5.78. The molecule has 1 heterocycles. The van der Waals surface area contributed by atoms with Crippen molar-refractivity contribution in [3.8, 4) is 0 Å². The molecule has 0 aliphatic rings. The number of nitrogens with one attached hydrogen (secondary N) is 1. The van der Waals surface area contributed by atoms with E-state index in [2.05, 4.69) is 31.2 Å². The van der Waals surface area contributed by atoms with Crippen molar-refractivity contribution in [3.05, 3.63) is 15.6 Å². The maximum Gasteiger partial charge on any atom is 0.0900 e. The maximum atomic E-state index is 5.67. The molecule has 104 valence electrons. The van der Waals surface area contributed by atoms with Crippen molar-refractivity contribution >= 4 is 11.3 Å². The topological polar surface area (TPSA) is 50.9 Å². The smallest absolute Gasteiger partial charge is 0.0900 e. The minimum absolute atomic E-state index is 0.280. The number of hydrogen-bond acceptors (Lipinski definition) is 4. The van der Waals surface area contributed by atoms with E-state index in [0.717, 1.165) is 17.1 Å². The van der Waals surface area contributed by atoms with Gasteiger partial charge in [-0.05, 0) is 20.3 Å². The third-order valence-electron chi connectivity index (χ3n) is 3.30. The molecule has 4 heteroatoms. The zero-order valence-corrected chi connectivity index (χ0v) is 12.8. The van der Waals surface area contributed by atoms with Gasteiger partial charge < -0.3 is 0 Å². The summed E-state index contributed by atoms with van der Waals surface area (Å²) in [5.41, 5.74) is 4.08. The summed E-state index contributed by atoms with van der Waals surface area (Å²) in [6, 6.07) is 0.280. The van der Waals surface area contributed by atoms with Crippen molar-refractivity contribution < 1.29 is 0 Å². The van der Waals surface area contributed by atoms with Crippen molar-refractivity contribution in [2.24, 2.45) is 5.84 Å². The van der Waals surface area contributed by atoms with Crippen LogP contribution in [-0.4, -0.2) is 4.98 Å². The summed E-state index contributed by atoms with van der Waals surface area (Å²) in [5, 5.41) is 1.13. The Bertz CT molecular complexity index is 336. The monoisotopic (exact) mass is 269 g/mol. The number of thiazole rings is 1. The summed E-state index contributed by atoms with van der Waals surface area (Å²) in [6.07, 6.45) is 9.08. The first-order chi connectivity index (χ1) is 8.69. The maximum absolute atomic E-state index is 5.67. The Morgan fingerprint density at radius 3 is 2.39 bits per heavy atom. The fraction of sp³-hybridized carbons (Fsp3) is 0.786. The molecule has 1 rings (SSSR count). The van der Waals surface area contributed by atoms with Gasteiger partial charge in [0.25, 0.3) is 0 Å². The van der Waals surface area contributed by atoms with Gasteiger partial charge in [-0.1, -0.05) is 45.4 Å². The Kier molecular flexibility index (Phi) is 7.47. The molecule has 3 N–H and O–H groups in total. The standard InChI is InChI=1S/C14H27N3S/c1-4-5-6-7-8-9-10-13(17-15)14-11(2)16-12(3)18-14/h13,17H,4-10,15H2,1-3H3. The number of unbranched alkanes of at least 4 members (excludes halogenated alkanes) is 5. The van der Waals surface area contributed by atoms with Crippen molar-refractivity contribution in [3.63, 3.8) is 0 Å². The van der Waals surface area contributed by atoms with Crippen LogP contribution < -0.4 is 11.3 Å². The molecule has 0 saturated heterocycles. The van der Waals surface area contributed by atoms with Gasteiger partial charge in [-0.15, -0.1) is 11.3 Å².